The van der Waals surface area contributed by atoms with E-state index in [1.165, 1.54) is 58.4 Å². The lowest BCUT2D eigenvalue weighted by molar-refractivity contribution is -0.188. The SMILES string of the molecule is OCC1O[C@@H](SC2O[C@H](CO)C(O)C(n3cc(-c4cccc(F)c4)cn3)[C@H]2O)C(O)C(n2cc(-c3cccc(F)c3)cn2)[C@H]1O. The van der Waals surface area contributed by atoms with E-state index in [1.807, 2.05) is 0 Å². The summed E-state index contributed by atoms with van der Waals surface area (Å²) in [6.45, 7) is -1.21. The molecule has 2 aliphatic heterocycles. The molecule has 2 saturated heterocycles. The predicted octanol–water partition coefficient (Wildman–Crippen LogP) is 1.09. The molecule has 15 heteroatoms. The van der Waals surface area contributed by atoms with Gasteiger partial charge in [-0.25, -0.2) is 8.78 Å². The molecule has 6 unspecified atom stereocenters. The van der Waals surface area contributed by atoms with Crippen LogP contribution in [0.25, 0.3) is 22.3 Å². The van der Waals surface area contributed by atoms with Crippen LogP contribution in [0.3, 0.4) is 0 Å². The molecule has 2 aromatic heterocycles. The fourth-order valence-corrected chi connectivity index (χ4v) is 7.08. The Morgan fingerprint density at radius 3 is 1.44 bits per heavy atom. The number of aliphatic hydroxyl groups excluding tert-OH is 6. The van der Waals surface area contributed by atoms with Gasteiger partial charge in [0.05, 0.1) is 25.6 Å². The van der Waals surface area contributed by atoms with Crippen molar-refractivity contribution in [3.63, 3.8) is 0 Å². The van der Waals surface area contributed by atoms with Crippen molar-refractivity contribution in [2.24, 2.45) is 0 Å². The van der Waals surface area contributed by atoms with Crippen LogP contribution in [0.2, 0.25) is 0 Å². The van der Waals surface area contributed by atoms with Crippen LogP contribution >= 0.6 is 11.8 Å². The summed E-state index contributed by atoms with van der Waals surface area (Å²) in [5.41, 5.74) is -0.273. The Morgan fingerprint density at radius 2 is 1.07 bits per heavy atom. The Morgan fingerprint density at radius 1 is 0.644 bits per heavy atom. The van der Waals surface area contributed by atoms with E-state index in [0.29, 0.717) is 22.3 Å². The van der Waals surface area contributed by atoms with E-state index in [0.717, 1.165) is 11.8 Å². The molecule has 6 rings (SSSR count). The number of halogens is 2. The predicted molar refractivity (Wildman–Crippen MR) is 156 cm³/mol. The molecule has 0 aliphatic carbocycles. The Bertz CT molecular complexity index is 1490. The van der Waals surface area contributed by atoms with Gasteiger partial charge in [0.2, 0.25) is 0 Å². The monoisotopic (exact) mass is 646 g/mol. The van der Waals surface area contributed by atoms with Crippen molar-refractivity contribution in [2.45, 2.75) is 59.6 Å². The first-order valence-corrected chi connectivity index (χ1v) is 15.1. The fraction of sp³-hybridized carbons (Fsp3) is 0.400. The summed E-state index contributed by atoms with van der Waals surface area (Å²) in [6, 6.07) is 9.45. The lowest BCUT2D eigenvalue weighted by Crippen LogP contribution is -2.58. The van der Waals surface area contributed by atoms with Gasteiger partial charge in [-0.15, -0.1) is 0 Å². The summed E-state index contributed by atoms with van der Waals surface area (Å²) in [5, 5.41) is 73.4. The zero-order chi connectivity index (χ0) is 31.8. The molecule has 0 spiro atoms. The molecule has 45 heavy (non-hydrogen) atoms. The highest BCUT2D eigenvalue weighted by Gasteiger charge is 2.51. The first-order chi connectivity index (χ1) is 21.7. The number of hydrogen-bond acceptors (Lipinski definition) is 11. The highest BCUT2D eigenvalue weighted by molar-refractivity contribution is 8.00. The molecule has 0 radical (unpaired) electrons. The third-order valence-corrected chi connectivity index (χ3v) is 9.41. The maximum absolute atomic E-state index is 13.8. The van der Waals surface area contributed by atoms with Gasteiger partial charge in [0, 0.05) is 23.5 Å². The van der Waals surface area contributed by atoms with Gasteiger partial charge >= 0.3 is 0 Å². The highest BCUT2D eigenvalue weighted by Crippen LogP contribution is 2.42. The number of ether oxygens (including phenoxy) is 2. The van der Waals surface area contributed by atoms with Gasteiger partial charge in [-0.1, -0.05) is 36.0 Å². The molecule has 4 heterocycles. The van der Waals surface area contributed by atoms with Crippen LogP contribution in [0.4, 0.5) is 8.78 Å². The minimum Gasteiger partial charge on any atom is -0.394 e. The van der Waals surface area contributed by atoms with E-state index in [4.69, 9.17) is 9.47 Å². The van der Waals surface area contributed by atoms with Gasteiger partial charge < -0.3 is 40.1 Å². The molecule has 6 N–H and O–H groups in total. The maximum atomic E-state index is 13.8. The molecule has 2 aromatic carbocycles. The van der Waals surface area contributed by atoms with E-state index in [9.17, 15) is 39.4 Å². The Hall–Kier alpha value is -3.25. The molecule has 240 valence electrons. The van der Waals surface area contributed by atoms with Gasteiger partial charge in [-0.2, -0.15) is 10.2 Å². The number of aromatic nitrogens is 4. The van der Waals surface area contributed by atoms with Gasteiger partial charge in [0.15, 0.2) is 0 Å². The quantitative estimate of drug-likeness (QED) is 0.162. The second-order valence-electron chi connectivity index (χ2n) is 11.0. The summed E-state index contributed by atoms with van der Waals surface area (Å²) in [5.74, 6) is -0.890. The number of nitrogens with zero attached hydrogens (tertiary/aromatic N) is 4. The van der Waals surface area contributed by atoms with Crippen molar-refractivity contribution >= 4 is 11.8 Å². The second kappa shape index (κ2) is 13.2. The normalized spacial score (nSPS) is 32.1. The Labute approximate surface area is 260 Å². The summed E-state index contributed by atoms with van der Waals surface area (Å²) in [6.07, 6.45) is -2.06. The number of benzene rings is 2. The van der Waals surface area contributed by atoms with E-state index in [2.05, 4.69) is 10.2 Å². The van der Waals surface area contributed by atoms with Gasteiger partial charge in [-0.3, -0.25) is 9.36 Å². The first-order valence-electron chi connectivity index (χ1n) is 14.2. The van der Waals surface area contributed by atoms with Crippen molar-refractivity contribution in [1.82, 2.24) is 19.6 Å². The fourth-order valence-electron chi connectivity index (χ4n) is 5.75. The van der Waals surface area contributed by atoms with Crippen LogP contribution in [-0.2, 0) is 9.47 Å². The number of rotatable bonds is 8. The molecule has 2 aliphatic rings. The molecule has 0 saturated carbocycles. The van der Waals surface area contributed by atoms with Crippen molar-refractivity contribution < 1.29 is 48.9 Å². The largest absolute Gasteiger partial charge is 0.394 e. The number of aliphatic hydroxyl groups is 6. The standard InChI is InChI=1S/C30H32F2N4O8S/c31-19-5-1-3-15(7-19)17-9-33-35(11-17)23-25(39)21(13-37)43-29(27(23)41)45-30-28(42)24(26(40)22(14-38)44-30)36-12-18(10-34-36)16-4-2-6-20(32)8-16/h1-12,21-30,37-42H,13-14H2/t21-,22?,23?,24?,25?,26+,27-,28?,29?,30+/m1/s1. The summed E-state index contributed by atoms with van der Waals surface area (Å²) in [7, 11) is 0. The summed E-state index contributed by atoms with van der Waals surface area (Å²) >= 11 is 0.837. The molecular weight excluding hydrogens is 614 g/mol. The molecule has 12 nitrogen and oxygen atoms in total. The zero-order valence-corrected chi connectivity index (χ0v) is 24.4. The molecular formula is C30H32F2N4O8S. The average molecular weight is 647 g/mol. The van der Waals surface area contributed by atoms with E-state index in [1.54, 1.807) is 24.3 Å². The Balaban J connectivity index is 1.25. The molecule has 10 atom stereocenters. The molecule has 4 aromatic rings. The minimum atomic E-state index is -1.45. The lowest BCUT2D eigenvalue weighted by Gasteiger charge is -2.46. The number of thioether (sulfide) groups is 1. The molecule has 0 bridgehead atoms. The average Bonchev–Trinajstić information content (AvgIpc) is 3.71. The Kier molecular flexibility index (Phi) is 9.33. The maximum Gasteiger partial charge on any atom is 0.134 e. The molecule has 0 amide bonds. The molecule has 2 fully saturated rings. The van der Waals surface area contributed by atoms with E-state index in [-0.39, 0.29) is 0 Å². The van der Waals surface area contributed by atoms with Crippen LogP contribution in [0.5, 0.6) is 0 Å². The van der Waals surface area contributed by atoms with Crippen LogP contribution in [0, 0.1) is 11.6 Å². The smallest absolute Gasteiger partial charge is 0.134 e. The van der Waals surface area contributed by atoms with Crippen molar-refractivity contribution in [1.29, 1.82) is 0 Å². The lowest BCUT2D eigenvalue weighted by atomic mass is 9.97. The minimum absolute atomic E-state index is 0.445. The highest BCUT2D eigenvalue weighted by atomic mass is 32.2. The van der Waals surface area contributed by atoms with Crippen molar-refractivity contribution in [3.05, 3.63) is 85.0 Å². The number of hydrogen-bond donors (Lipinski definition) is 6. The van der Waals surface area contributed by atoms with Crippen LogP contribution in [-0.4, -0.2) is 111 Å². The van der Waals surface area contributed by atoms with Crippen LogP contribution < -0.4 is 0 Å². The van der Waals surface area contributed by atoms with E-state index < -0.39 is 84.4 Å². The van der Waals surface area contributed by atoms with E-state index >= 15 is 0 Å². The van der Waals surface area contributed by atoms with Crippen LogP contribution in [0.15, 0.2) is 73.3 Å². The second-order valence-corrected chi connectivity index (χ2v) is 12.2. The van der Waals surface area contributed by atoms with Gasteiger partial charge in [0.25, 0.3) is 0 Å². The third-order valence-electron chi connectivity index (χ3n) is 8.09. The first kappa shape index (κ1) is 31.7. The topological polar surface area (TPSA) is 175 Å². The summed E-state index contributed by atoms with van der Waals surface area (Å²) in [4.78, 5) is 0. The van der Waals surface area contributed by atoms with Crippen molar-refractivity contribution in [2.75, 3.05) is 13.2 Å². The van der Waals surface area contributed by atoms with Gasteiger partial charge in [-0.05, 0) is 35.4 Å². The summed E-state index contributed by atoms with van der Waals surface area (Å²) < 4.78 is 41.9. The third kappa shape index (κ3) is 6.27. The van der Waals surface area contributed by atoms with Gasteiger partial charge in [0.1, 0.15) is 71.2 Å². The zero-order valence-electron chi connectivity index (χ0n) is 23.6. The van der Waals surface area contributed by atoms with Crippen LogP contribution in [0.1, 0.15) is 12.1 Å². The van der Waals surface area contributed by atoms with Crippen molar-refractivity contribution in [3.8, 4) is 22.3 Å².